The molecule has 1 aromatic carbocycles. The van der Waals surface area contributed by atoms with E-state index in [-0.39, 0.29) is 11.1 Å². The van der Waals surface area contributed by atoms with Crippen LogP contribution in [0.25, 0.3) is 11.0 Å². The number of rotatable bonds is 4. The lowest BCUT2D eigenvalue weighted by Gasteiger charge is -2.18. The van der Waals surface area contributed by atoms with Crippen molar-refractivity contribution in [3.05, 3.63) is 51.4 Å². The summed E-state index contributed by atoms with van der Waals surface area (Å²) in [4.78, 5) is 26.5. The predicted octanol–water partition coefficient (Wildman–Crippen LogP) is 4.15. The van der Waals surface area contributed by atoms with Crippen molar-refractivity contribution in [2.75, 3.05) is 19.5 Å². The van der Waals surface area contributed by atoms with Crippen LogP contribution in [0.3, 0.4) is 0 Å². The van der Waals surface area contributed by atoms with E-state index in [0.29, 0.717) is 33.2 Å². The van der Waals surface area contributed by atoms with E-state index in [1.54, 1.807) is 24.3 Å². The molecule has 1 amide bonds. The molecule has 0 spiro atoms. The molecular formula is C22H22N2O5S. The first-order valence-electron chi connectivity index (χ1n) is 9.62. The molecule has 0 saturated carbocycles. The molecule has 1 unspecified atom stereocenters. The van der Waals surface area contributed by atoms with Crippen molar-refractivity contribution in [1.82, 2.24) is 0 Å². The van der Waals surface area contributed by atoms with Crippen LogP contribution in [0.5, 0.6) is 5.75 Å². The summed E-state index contributed by atoms with van der Waals surface area (Å²) < 4.78 is 15.8. The Labute approximate surface area is 177 Å². The minimum Gasteiger partial charge on any atom is -0.493 e. The molecule has 2 aromatic heterocycles. The van der Waals surface area contributed by atoms with Crippen molar-refractivity contribution in [3.63, 3.8) is 0 Å². The highest BCUT2D eigenvalue weighted by molar-refractivity contribution is 7.17. The smallest absolute Gasteiger partial charge is 0.341 e. The Bertz CT molecular complexity index is 1210. The van der Waals surface area contributed by atoms with Crippen LogP contribution in [0.4, 0.5) is 5.00 Å². The third-order valence-corrected chi connectivity index (χ3v) is 6.52. The standard InChI is InChI=1S/C22H22N2O5S/c1-11-7-8-13-16(9-11)30-21(17(13)22(26)28-3)24-20(25)14-10-12-5-4-6-15(27-2)18(12)29-19(14)23/h4-6,10-11,23H,7-9H2,1-3H3,(H,24,25). The van der Waals surface area contributed by atoms with Crippen LogP contribution in [0.2, 0.25) is 0 Å². The zero-order valence-electron chi connectivity index (χ0n) is 17.0. The van der Waals surface area contributed by atoms with Gasteiger partial charge in [-0.05, 0) is 42.9 Å². The number of ether oxygens (including phenoxy) is 2. The minimum atomic E-state index is -0.509. The van der Waals surface area contributed by atoms with Crippen LogP contribution >= 0.6 is 11.3 Å². The number of esters is 1. The van der Waals surface area contributed by atoms with Crippen LogP contribution < -0.4 is 15.6 Å². The Balaban J connectivity index is 1.73. The summed E-state index contributed by atoms with van der Waals surface area (Å²) in [5, 5.41) is 12.1. The SMILES string of the molecule is COC(=O)c1c(NC(=O)c2cc3cccc(OC)c3oc2=N)sc2c1CCC(C)C2. The van der Waals surface area contributed by atoms with E-state index in [9.17, 15) is 9.59 Å². The number of hydrogen-bond donors (Lipinski definition) is 2. The number of carbonyl (C=O) groups is 2. The number of fused-ring (bicyclic) bond motifs is 2. The van der Waals surface area contributed by atoms with Gasteiger partial charge < -0.3 is 19.2 Å². The van der Waals surface area contributed by atoms with Crippen LogP contribution in [0, 0.1) is 11.3 Å². The normalized spacial score (nSPS) is 15.5. The van der Waals surface area contributed by atoms with Gasteiger partial charge >= 0.3 is 5.97 Å². The van der Waals surface area contributed by atoms with Gasteiger partial charge in [-0.3, -0.25) is 10.2 Å². The van der Waals surface area contributed by atoms with Gasteiger partial charge in [-0.15, -0.1) is 11.3 Å². The maximum Gasteiger partial charge on any atom is 0.341 e. The lowest BCUT2D eigenvalue weighted by atomic mass is 9.88. The Morgan fingerprint density at radius 2 is 2.10 bits per heavy atom. The number of carbonyl (C=O) groups excluding carboxylic acids is 2. The Kier molecular flexibility index (Phi) is 5.34. The van der Waals surface area contributed by atoms with Crippen LogP contribution in [-0.2, 0) is 17.6 Å². The molecule has 2 heterocycles. The molecule has 2 N–H and O–H groups in total. The second-order valence-electron chi connectivity index (χ2n) is 7.37. The van der Waals surface area contributed by atoms with Crippen LogP contribution in [-0.4, -0.2) is 26.1 Å². The van der Waals surface area contributed by atoms with E-state index >= 15 is 0 Å². The topological polar surface area (TPSA) is 102 Å². The minimum absolute atomic E-state index is 0.0753. The highest BCUT2D eigenvalue weighted by Gasteiger charge is 2.29. The number of methoxy groups -OCH3 is 2. The Hall–Kier alpha value is -3.13. The second-order valence-corrected chi connectivity index (χ2v) is 8.47. The molecule has 1 aliphatic carbocycles. The summed E-state index contributed by atoms with van der Waals surface area (Å²) in [6.45, 7) is 2.18. The second kappa shape index (κ2) is 7.95. The molecule has 3 aromatic rings. The summed E-state index contributed by atoms with van der Waals surface area (Å²) in [5.41, 5.74) is 1.57. The fourth-order valence-electron chi connectivity index (χ4n) is 3.79. The molecule has 30 heavy (non-hydrogen) atoms. The van der Waals surface area contributed by atoms with E-state index < -0.39 is 11.9 Å². The lowest BCUT2D eigenvalue weighted by Crippen LogP contribution is -2.21. The third-order valence-electron chi connectivity index (χ3n) is 5.35. The van der Waals surface area contributed by atoms with Gasteiger partial charge in [-0.1, -0.05) is 19.1 Å². The molecule has 8 heteroatoms. The number of thiophene rings is 1. The van der Waals surface area contributed by atoms with E-state index in [0.717, 1.165) is 29.7 Å². The highest BCUT2D eigenvalue weighted by Crippen LogP contribution is 2.40. The van der Waals surface area contributed by atoms with E-state index in [4.69, 9.17) is 19.3 Å². The first-order chi connectivity index (χ1) is 14.4. The number of para-hydroxylation sites is 1. The zero-order chi connectivity index (χ0) is 21.4. The number of amides is 1. The largest absolute Gasteiger partial charge is 0.493 e. The van der Waals surface area contributed by atoms with Crippen LogP contribution in [0.15, 0.2) is 28.7 Å². The predicted molar refractivity (Wildman–Crippen MR) is 113 cm³/mol. The fourth-order valence-corrected chi connectivity index (χ4v) is 5.18. The number of hydrogen-bond acceptors (Lipinski definition) is 7. The molecule has 0 bridgehead atoms. The molecule has 0 aliphatic heterocycles. The number of benzene rings is 1. The first-order valence-corrected chi connectivity index (χ1v) is 10.4. The molecule has 4 rings (SSSR count). The Morgan fingerprint density at radius 1 is 1.30 bits per heavy atom. The number of nitrogens with one attached hydrogen (secondary N) is 2. The molecule has 1 atom stereocenters. The fraction of sp³-hybridized carbons (Fsp3) is 0.318. The molecule has 1 aliphatic rings. The van der Waals surface area contributed by atoms with Crippen molar-refractivity contribution in [3.8, 4) is 5.75 Å². The third kappa shape index (κ3) is 3.47. The summed E-state index contributed by atoms with van der Waals surface area (Å²) in [5.74, 6) is 0.0435. The number of anilines is 1. The van der Waals surface area contributed by atoms with Crippen molar-refractivity contribution in [2.45, 2.75) is 26.2 Å². The molecule has 156 valence electrons. The van der Waals surface area contributed by atoms with E-state index in [1.807, 2.05) is 0 Å². The maximum absolute atomic E-state index is 13.0. The molecule has 7 nitrogen and oxygen atoms in total. The zero-order valence-corrected chi connectivity index (χ0v) is 17.8. The van der Waals surface area contributed by atoms with Gasteiger partial charge in [-0.2, -0.15) is 0 Å². The average Bonchev–Trinajstić information content (AvgIpc) is 3.08. The monoisotopic (exact) mass is 426 g/mol. The van der Waals surface area contributed by atoms with Crippen molar-refractivity contribution < 1.29 is 23.5 Å². The van der Waals surface area contributed by atoms with Gasteiger partial charge in [0, 0.05) is 10.3 Å². The maximum atomic E-state index is 13.0. The van der Waals surface area contributed by atoms with Gasteiger partial charge in [-0.25, -0.2) is 4.79 Å². The Morgan fingerprint density at radius 3 is 2.83 bits per heavy atom. The summed E-state index contributed by atoms with van der Waals surface area (Å²) >= 11 is 1.40. The van der Waals surface area contributed by atoms with E-state index in [1.165, 1.54) is 25.6 Å². The first kappa shape index (κ1) is 20.2. The van der Waals surface area contributed by atoms with Crippen molar-refractivity contribution in [2.24, 2.45) is 5.92 Å². The van der Waals surface area contributed by atoms with E-state index in [2.05, 4.69) is 12.2 Å². The lowest BCUT2D eigenvalue weighted by molar-refractivity contribution is 0.0601. The van der Waals surface area contributed by atoms with Gasteiger partial charge in [0.05, 0.1) is 19.8 Å². The summed E-state index contributed by atoms with van der Waals surface area (Å²) in [6.07, 6.45) is 2.64. The van der Waals surface area contributed by atoms with Gasteiger partial charge in [0.25, 0.3) is 5.91 Å². The molecule has 0 fully saturated rings. The van der Waals surface area contributed by atoms with Crippen LogP contribution in [0.1, 0.15) is 44.5 Å². The van der Waals surface area contributed by atoms with Crippen molar-refractivity contribution >= 4 is 39.2 Å². The van der Waals surface area contributed by atoms with Gasteiger partial charge in [0.15, 0.2) is 11.3 Å². The summed E-state index contributed by atoms with van der Waals surface area (Å²) in [7, 11) is 2.85. The van der Waals surface area contributed by atoms with Gasteiger partial charge in [0.1, 0.15) is 10.6 Å². The molecule has 0 radical (unpaired) electrons. The van der Waals surface area contributed by atoms with Crippen molar-refractivity contribution in [1.29, 1.82) is 5.41 Å². The highest BCUT2D eigenvalue weighted by atomic mass is 32.1. The van der Waals surface area contributed by atoms with Gasteiger partial charge in [0.2, 0.25) is 5.55 Å². The summed E-state index contributed by atoms with van der Waals surface area (Å²) in [6, 6.07) is 6.88. The molecular weight excluding hydrogens is 404 g/mol. The molecule has 0 saturated heterocycles. The quantitative estimate of drug-likeness (QED) is 0.611. The average molecular weight is 426 g/mol.